The van der Waals surface area contributed by atoms with Crippen LogP contribution in [0.4, 0.5) is 5.95 Å². The SMILES string of the molecule is O=C(CC1CNC1)N1CCN(c2ncc(Br)cn2)CC1. The quantitative estimate of drug-likeness (QED) is 0.868. The third kappa shape index (κ3) is 3.09. The summed E-state index contributed by atoms with van der Waals surface area (Å²) in [4.78, 5) is 24.8. The summed E-state index contributed by atoms with van der Waals surface area (Å²) < 4.78 is 0.879. The third-order valence-corrected chi connectivity index (χ3v) is 4.26. The Morgan fingerprint density at radius 3 is 2.45 bits per heavy atom. The van der Waals surface area contributed by atoms with Crippen LogP contribution in [0.5, 0.6) is 0 Å². The van der Waals surface area contributed by atoms with Crippen LogP contribution in [0.3, 0.4) is 0 Å². The van der Waals surface area contributed by atoms with E-state index in [-0.39, 0.29) is 5.91 Å². The summed E-state index contributed by atoms with van der Waals surface area (Å²) in [7, 11) is 0. The highest BCUT2D eigenvalue weighted by molar-refractivity contribution is 9.10. The first-order valence-electron chi connectivity index (χ1n) is 6.93. The van der Waals surface area contributed by atoms with Gasteiger partial charge in [0.15, 0.2) is 0 Å². The molecule has 0 unspecified atom stereocenters. The van der Waals surface area contributed by atoms with Crippen LogP contribution in [0, 0.1) is 5.92 Å². The molecule has 1 aromatic rings. The Balaban J connectivity index is 1.51. The van der Waals surface area contributed by atoms with Gasteiger partial charge in [0.2, 0.25) is 11.9 Å². The first-order chi connectivity index (χ1) is 9.72. The van der Waals surface area contributed by atoms with E-state index in [0.29, 0.717) is 12.3 Å². The molecule has 0 saturated carbocycles. The summed E-state index contributed by atoms with van der Waals surface area (Å²) in [5, 5.41) is 3.20. The summed E-state index contributed by atoms with van der Waals surface area (Å²) in [6, 6.07) is 0. The maximum atomic E-state index is 12.1. The number of carbonyl (C=O) groups is 1. The van der Waals surface area contributed by atoms with Crippen LogP contribution in [0.1, 0.15) is 6.42 Å². The highest BCUT2D eigenvalue weighted by Gasteiger charge is 2.26. The van der Waals surface area contributed by atoms with Crippen LogP contribution in [-0.2, 0) is 4.79 Å². The number of rotatable bonds is 3. The zero-order valence-electron chi connectivity index (χ0n) is 11.3. The molecule has 2 saturated heterocycles. The second kappa shape index (κ2) is 6.05. The molecular weight excluding hydrogens is 322 g/mol. The monoisotopic (exact) mass is 339 g/mol. The molecule has 2 aliphatic rings. The van der Waals surface area contributed by atoms with E-state index in [4.69, 9.17) is 0 Å². The van der Waals surface area contributed by atoms with Gasteiger partial charge in [-0.15, -0.1) is 0 Å². The topological polar surface area (TPSA) is 61.4 Å². The summed E-state index contributed by atoms with van der Waals surface area (Å²) in [5.74, 6) is 1.56. The molecule has 2 fully saturated rings. The number of nitrogens with one attached hydrogen (secondary N) is 1. The Morgan fingerprint density at radius 1 is 1.25 bits per heavy atom. The smallest absolute Gasteiger partial charge is 0.225 e. The fourth-order valence-electron chi connectivity index (χ4n) is 2.49. The second-order valence-electron chi connectivity index (χ2n) is 5.30. The number of amides is 1. The van der Waals surface area contributed by atoms with Gasteiger partial charge in [-0.1, -0.05) is 0 Å². The Labute approximate surface area is 126 Å². The van der Waals surface area contributed by atoms with E-state index >= 15 is 0 Å². The van der Waals surface area contributed by atoms with Gasteiger partial charge in [0.25, 0.3) is 0 Å². The number of hydrogen-bond donors (Lipinski definition) is 1. The summed E-state index contributed by atoms with van der Waals surface area (Å²) in [6.45, 7) is 5.10. The molecule has 7 heteroatoms. The molecule has 0 bridgehead atoms. The average molecular weight is 340 g/mol. The van der Waals surface area contributed by atoms with Crippen molar-refractivity contribution in [2.24, 2.45) is 5.92 Å². The van der Waals surface area contributed by atoms with Crippen LogP contribution in [0.15, 0.2) is 16.9 Å². The predicted molar refractivity (Wildman–Crippen MR) is 79.5 cm³/mol. The molecule has 0 atom stereocenters. The minimum absolute atomic E-state index is 0.285. The predicted octanol–water partition coefficient (Wildman–Crippen LogP) is 0.497. The van der Waals surface area contributed by atoms with Crippen molar-refractivity contribution in [2.45, 2.75) is 6.42 Å². The zero-order valence-corrected chi connectivity index (χ0v) is 12.8. The Kier molecular flexibility index (Phi) is 4.16. The fourth-order valence-corrected chi connectivity index (χ4v) is 2.70. The van der Waals surface area contributed by atoms with Gasteiger partial charge in [-0.3, -0.25) is 4.79 Å². The Bertz CT molecular complexity index is 468. The van der Waals surface area contributed by atoms with E-state index in [9.17, 15) is 4.79 Å². The fraction of sp³-hybridized carbons (Fsp3) is 0.615. The lowest BCUT2D eigenvalue weighted by atomic mass is 9.98. The lowest BCUT2D eigenvalue weighted by Gasteiger charge is -2.36. The molecule has 6 nitrogen and oxygen atoms in total. The van der Waals surface area contributed by atoms with Gasteiger partial charge in [0.05, 0.1) is 4.47 Å². The van der Waals surface area contributed by atoms with Crippen molar-refractivity contribution in [1.29, 1.82) is 0 Å². The van der Waals surface area contributed by atoms with Gasteiger partial charge in [-0.05, 0) is 34.9 Å². The summed E-state index contributed by atoms with van der Waals surface area (Å²) in [5.41, 5.74) is 0. The molecule has 0 aliphatic carbocycles. The number of anilines is 1. The van der Waals surface area contributed by atoms with Crippen molar-refractivity contribution >= 4 is 27.8 Å². The first-order valence-corrected chi connectivity index (χ1v) is 7.72. The van der Waals surface area contributed by atoms with E-state index in [1.54, 1.807) is 12.4 Å². The molecule has 0 spiro atoms. The van der Waals surface area contributed by atoms with Gasteiger partial charge in [-0.2, -0.15) is 0 Å². The van der Waals surface area contributed by atoms with E-state index in [0.717, 1.165) is 49.7 Å². The van der Waals surface area contributed by atoms with Gasteiger partial charge >= 0.3 is 0 Å². The molecule has 3 rings (SSSR count). The minimum atomic E-state index is 0.285. The average Bonchev–Trinajstić information content (AvgIpc) is 2.44. The third-order valence-electron chi connectivity index (χ3n) is 3.85. The molecule has 3 heterocycles. The highest BCUT2D eigenvalue weighted by atomic mass is 79.9. The minimum Gasteiger partial charge on any atom is -0.339 e. The molecule has 0 aromatic carbocycles. The first kappa shape index (κ1) is 13.8. The van der Waals surface area contributed by atoms with Crippen molar-refractivity contribution in [3.63, 3.8) is 0 Å². The number of aromatic nitrogens is 2. The van der Waals surface area contributed by atoms with Crippen molar-refractivity contribution in [1.82, 2.24) is 20.2 Å². The van der Waals surface area contributed by atoms with Crippen molar-refractivity contribution in [3.05, 3.63) is 16.9 Å². The Hall–Kier alpha value is -1.21. The molecule has 1 amide bonds. The van der Waals surface area contributed by atoms with E-state index < -0.39 is 0 Å². The van der Waals surface area contributed by atoms with Crippen LogP contribution in [0.2, 0.25) is 0 Å². The second-order valence-corrected chi connectivity index (χ2v) is 6.21. The standard InChI is InChI=1S/C13H18BrN5O/c14-11-8-16-13(17-9-11)19-3-1-18(2-4-19)12(20)5-10-6-15-7-10/h8-10,15H,1-7H2. The van der Waals surface area contributed by atoms with E-state index in [2.05, 4.69) is 36.1 Å². The highest BCUT2D eigenvalue weighted by Crippen LogP contribution is 2.15. The maximum absolute atomic E-state index is 12.1. The summed E-state index contributed by atoms with van der Waals surface area (Å²) in [6.07, 6.45) is 4.19. The largest absolute Gasteiger partial charge is 0.339 e. The van der Waals surface area contributed by atoms with Crippen molar-refractivity contribution in [2.75, 3.05) is 44.2 Å². The van der Waals surface area contributed by atoms with Gasteiger partial charge in [0.1, 0.15) is 0 Å². The molecule has 20 heavy (non-hydrogen) atoms. The number of halogens is 1. The zero-order chi connectivity index (χ0) is 13.9. The van der Waals surface area contributed by atoms with E-state index in [1.807, 2.05) is 4.90 Å². The van der Waals surface area contributed by atoms with Crippen LogP contribution < -0.4 is 10.2 Å². The molecule has 2 aliphatic heterocycles. The van der Waals surface area contributed by atoms with Crippen molar-refractivity contribution < 1.29 is 4.79 Å². The van der Waals surface area contributed by atoms with Gasteiger partial charge in [-0.25, -0.2) is 9.97 Å². The van der Waals surface area contributed by atoms with Crippen molar-refractivity contribution in [3.8, 4) is 0 Å². The van der Waals surface area contributed by atoms with Gasteiger partial charge in [0, 0.05) is 45.0 Å². The maximum Gasteiger partial charge on any atom is 0.225 e. The molecule has 108 valence electrons. The number of piperazine rings is 1. The molecule has 1 N–H and O–H groups in total. The van der Waals surface area contributed by atoms with E-state index in [1.165, 1.54) is 0 Å². The molecule has 1 aromatic heterocycles. The number of carbonyl (C=O) groups excluding carboxylic acids is 1. The van der Waals surface area contributed by atoms with Crippen LogP contribution in [-0.4, -0.2) is 60.0 Å². The normalized spacial score (nSPS) is 19.9. The van der Waals surface area contributed by atoms with Gasteiger partial charge < -0.3 is 15.1 Å². The van der Waals surface area contributed by atoms with Crippen LogP contribution in [0.25, 0.3) is 0 Å². The number of hydrogen-bond acceptors (Lipinski definition) is 5. The van der Waals surface area contributed by atoms with Crippen LogP contribution >= 0.6 is 15.9 Å². The number of nitrogens with zero attached hydrogens (tertiary/aromatic N) is 4. The molecule has 0 radical (unpaired) electrons. The lowest BCUT2D eigenvalue weighted by Crippen LogP contribution is -2.51. The molecular formula is C13H18BrN5O. The lowest BCUT2D eigenvalue weighted by molar-refractivity contribution is -0.132. The Morgan fingerprint density at radius 2 is 1.90 bits per heavy atom. The summed E-state index contributed by atoms with van der Waals surface area (Å²) >= 11 is 3.33.